The van der Waals surface area contributed by atoms with Crippen LogP contribution in [0, 0.1) is 5.92 Å². The monoisotopic (exact) mass is 379 g/mol. The molecule has 0 saturated heterocycles. The predicted octanol–water partition coefficient (Wildman–Crippen LogP) is 3.81. The third-order valence-electron chi connectivity index (χ3n) is 5.12. The van der Waals surface area contributed by atoms with Crippen molar-refractivity contribution in [3.8, 4) is 0 Å². The maximum atomic E-state index is 12.5. The Bertz CT molecular complexity index is 809. The Morgan fingerprint density at radius 1 is 1.00 bits per heavy atom. The molecule has 0 radical (unpaired) electrons. The van der Waals surface area contributed by atoms with Crippen LogP contribution < -0.4 is 10.6 Å². The summed E-state index contributed by atoms with van der Waals surface area (Å²) in [5, 5.41) is 5.83. The van der Waals surface area contributed by atoms with Gasteiger partial charge in [-0.05, 0) is 55.3 Å². The van der Waals surface area contributed by atoms with E-state index in [0.717, 1.165) is 38.0 Å². The van der Waals surface area contributed by atoms with Crippen LogP contribution in [0.25, 0.3) is 0 Å². The van der Waals surface area contributed by atoms with Crippen LogP contribution in [0.2, 0.25) is 0 Å². The highest BCUT2D eigenvalue weighted by Gasteiger charge is 2.29. The standard InChI is InChI=1S/C23H29N3O2/c1-3-26(4-2)16-18-10-8-17(9-11-18)15-24-22(27)20-6-5-7-21(14-20)25-23(28)19-12-13-19/h5-11,14,19H,3-4,12-13,15-16H2,1-2H3,(H,24,27)(H,25,28). The summed E-state index contributed by atoms with van der Waals surface area (Å²) >= 11 is 0. The summed E-state index contributed by atoms with van der Waals surface area (Å²) in [4.78, 5) is 26.7. The first-order valence-electron chi connectivity index (χ1n) is 10.1. The van der Waals surface area contributed by atoms with Gasteiger partial charge in [0.1, 0.15) is 0 Å². The largest absolute Gasteiger partial charge is 0.348 e. The van der Waals surface area contributed by atoms with E-state index in [4.69, 9.17) is 0 Å². The summed E-state index contributed by atoms with van der Waals surface area (Å²) in [5.41, 5.74) is 3.56. The van der Waals surface area contributed by atoms with Gasteiger partial charge in [0.15, 0.2) is 0 Å². The molecule has 1 aliphatic carbocycles. The smallest absolute Gasteiger partial charge is 0.251 e. The molecule has 0 aliphatic heterocycles. The van der Waals surface area contributed by atoms with Crippen LogP contribution in [0.3, 0.4) is 0 Å². The highest BCUT2D eigenvalue weighted by atomic mass is 16.2. The SMILES string of the molecule is CCN(CC)Cc1ccc(CNC(=O)c2cccc(NC(=O)C3CC3)c2)cc1. The number of nitrogens with zero attached hydrogens (tertiary/aromatic N) is 1. The predicted molar refractivity (Wildman–Crippen MR) is 112 cm³/mol. The van der Waals surface area contributed by atoms with Gasteiger partial charge in [-0.1, -0.05) is 44.2 Å². The third-order valence-corrected chi connectivity index (χ3v) is 5.12. The molecule has 28 heavy (non-hydrogen) atoms. The quantitative estimate of drug-likeness (QED) is 0.696. The van der Waals surface area contributed by atoms with Crippen LogP contribution in [0.4, 0.5) is 5.69 Å². The van der Waals surface area contributed by atoms with Crippen molar-refractivity contribution in [2.75, 3.05) is 18.4 Å². The van der Waals surface area contributed by atoms with Gasteiger partial charge in [0.25, 0.3) is 5.91 Å². The fraction of sp³-hybridized carbons (Fsp3) is 0.391. The molecule has 0 atom stereocenters. The van der Waals surface area contributed by atoms with E-state index in [1.807, 2.05) is 6.07 Å². The van der Waals surface area contributed by atoms with Crippen LogP contribution in [-0.4, -0.2) is 29.8 Å². The van der Waals surface area contributed by atoms with Gasteiger partial charge in [-0.15, -0.1) is 0 Å². The summed E-state index contributed by atoms with van der Waals surface area (Å²) in [6.45, 7) is 7.82. The molecule has 2 amide bonds. The van der Waals surface area contributed by atoms with Crippen molar-refractivity contribution in [3.63, 3.8) is 0 Å². The van der Waals surface area contributed by atoms with Crippen molar-refractivity contribution in [2.24, 2.45) is 5.92 Å². The minimum atomic E-state index is -0.144. The summed E-state index contributed by atoms with van der Waals surface area (Å²) < 4.78 is 0. The molecule has 2 N–H and O–H groups in total. The first-order chi connectivity index (χ1) is 13.6. The Kier molecular flexibility index (Phi) is 6.82. The second kappa shape index (κ2) is 9.51. The maximum Gasteiger partial charge on any atom is 0.251 e. The number of hydrogen-bond donors (Lipinski definition) is 2. The molecular weight excluding hydrogens is 350 g/mol. The van der Waals surface area contributed by atoms with E-state index in [9.17, 15) is 9.59 Å². The average molecular weight is 380 g/mol. The van der Waals surface area contributed by atoms with E-state index >= 15 is 0 Å². The fourth-order valence-corrected chi connectivity index (χ4v) is 3.08. The van der Waals surface area contributed by atoms with Gasteiger partial charge in [0.2, 0.25) is 5.91 Å². The number of hydrogen-bond acceptors (Lipinski definition) is 3. The second-order valence-electron chi connectivity index (χ2n) is 7.30. The number of anilines is 1. The molecule has 0 unspecified atom stereocenters. The van der Waals surface area contributed by atoms with Crippen LogP contribution in [-0.2, 0) is 17.9 Å². The zero-order valence-corrected chi connectivity index (χ0v) is 16.7. The Morgan fingerprint density at radius 3 is 2.32 bits per heavy atom. The molecule has 0 bridgehead atoms. The molecule has 5 heteroatoms. The van der Waals surface area contributed by atoms with Crippen molar-refractivity contribution >= 4 is 17.5 Å². The molecule has 1 saturated carbocycles. The maximum absolute atomic E-state index is 12.5. The van der Waals surface area contributed by atoms with Crippen molar-refractivity contribution in [2.45, 2.75) is 39.8 Å². The minimum absolute atomic E-state index is 0.0439. The molecule has 0 aromatic heterocycles. The molecule has 1 aliphatic rings. The zero-order chi connectivity index (χ0) is 19.9. The number of carbonyl (C=O) groups excluding carboxylic acids is 2. The number of carbonyl (C=O) groups is 2. The third kappa shape index (κ3) is 5.67. The molecule has 1 fully saturated rings. The lowest BCUT2D eigenvalue weighted by Crippen LogP contribution is -2.23. The Hall–Kier alpha value is -2.66. The van der Waals surface area contributed by atoms with Gasteiger partial charge in [0.05, 0.1) is 0 Å². The van der Waals surface area contributed by atoms with Crippen molar-refractivity contribution < 1.29 is 9.59 Å². The van der Waals surface area contributed by atoms with Crippen LogP contribution in [0.5, 0.6) is 0 Å². The van der Waals surface area contributed by atoms with E-state index in [1.165, 1.54) is 5.56 Å². The first kappa shape index (κ1) is 20.1. The van der Waals surface area contributed by atoms with Crippen molar-refractivity contribution in [1.82, 2.24) is 10.2 Å². The Balaban J connectivity index is 1.53. The van der Waals surface area contributed by atoms with E-state index in [0.29, 0.717) is 17.8 Å². The van der Waals surface area contributed by atoms with Crippen LogP contribution in [0.1, 0.15) is 48.2 Å². The summed E-state index contributed by atoms with van der Waals surface area (Å²) in [7, 11) is 0. The van der Waals surface area contributed by atoms with Gasteiger partial charge in [0, 0.05) is 30.3 Å². The molecule has 2 aromatic carbocycles. The first-order valence-corrected chi connectivity index (χ1v) is 10.1. The van der Waals surface area contributed by atoms with Gasteiger partial charge >= 0.3 is 0 Å². The summed E-state index contributed by atoms with van der Waals surface area (Å²) in [6, 6.07) is 15.4. The molecule has 0 heterocycles. The number of amides is 2. The highest BCUT2D eigenvalue weighted by Crippen LogP contribution is 2.30. The van der Waals surface area contributed by atoms with Gasteiger partial charge in [-0.2, -0.15) is 0 Å². The Labute approximate surface area is 167 Å². The van der Waals surface area contributed by atoms with E-state index < -0.39 is 0 Å². The Morgan fingerprint density at radius 2 is 1.68 bits per heavy atom. The average Bonchev–Trinajstić information content (AvgIpc) is 3.57. The number of benzene rings is 2. The molecule has 3 rings (SSSR count). The van der Waals surface area contributed by atoms with Gasteiger partial charge in [-0.25, -0.2) is 0 Å². The lowest BCUT2D eigenvalue weighted by Gasteiger charge is -2.18. The van der Waals surface area contributed by atoms with E-state index in [1.54, 1.807) is 18.2 Å². The normalized spacial score (nSPS) is 13.4. The fourth-order valence-electron chi connectivity index (χ4n) is 3.08. The summed E-state index contributed by atoms with van der Waals surface area (Å²) in [6.07, 6.45) is 1.92. The van der Waals surface area contributed by atoms with Gasteiger partial charge in [-0.3, -0.25) is 14.5 Å². The number of rotatable bonds is 9. The van der Waals surface area contributed by atoms with E-state index in [-0.39, 0.29) is 17.7 Å². The molecule has 148 valence electrons. The minimum Gasteiger partial charge on any atom is -0.348 e. The van der Waals surface area contributed by atoms with Crippen molar-refractivity contribution in [3.05, 3.63) is 65.2 Å². The zero-order valence-electron chi connectivity index (χ0n) is 16.7. The molecule has 0 spiro atoms. The van der Waals surface area contributed by atoms with Gasteiger partial charge < -0.3 is 10.6 Å². The number of nitrogens with one attached hydrogen (secondary N) is 2. The molecule has 2 aromatic rings. The highest BCUT2D eigenvalue weighted by molar-refractivity contribution is 5.98. The lowest BCUT2D eigenvalue weighted by molar-refractivity contribution is -0.117. The van der Waals surface area contributed by atoms with Crippen molar-refractivity contribution in [1.29, 1.82) is 0 Å². The van der Waals surface area contributed by atoms with E-state index in [2.05, 4.69) is 53.6 Å². The molecular formula is C23H29N3O2. The van der Waals surface area contributed by atoms with Crippen LogP contribution >= 0.6 is 0 Å². The lowest BCUT2D eigenvalue weighted by atomic mass is 10.1. The topological polar surface area (TPSA) is 61.4 Å². The van der Waals surface area contributed by atoms with Crippen LogP contribution in [0.15, 0.2) is 48.5 Å². The summed E-state index contributed by atoms with van der Waals surface area (Å²) in [5.74, 6) is 0.0410. The second-order valence-corrected chi connectivity index (χ2v) is 7.30. The molecule has 5 nitrogen and oxygen atoms in total.